The normalized spacial score (nSPS) is 11.6. The Bertz CT molecular complexity index is 561. The zero-order valence-electron chi connectivity index (χ0n) is 9.13. The minimum absolute atomic E-state index is 0.123. The Hall–Kier alpha value is -2.04. The van der Waals surface area contributed by atoms with Gasteiger partial charge in [-0.15, -0.1) is 0 Å². The van der Waals surface area contributed by atoms with E-state index in [4.69, 9.17) is 5.73 Å². The van der Waals surface area contributed by atoms with Gasteiger partial charge in [-0.25, -0.2) is 4.39 Å². The van der Waals surface area contributed by atoms with Crippen molar-refractivity contribution in [1.82, 2.24) is 0 Å². The van der Waals surface area contributed by atoms with Gasteiger partial charge in [0, 0.05) is 0 Å². The number of nitrogens with two attached hydrogens (primary N) is 1. The van der Waals surface area contributed by atoms with Gasteiger partial charge in [0.1, 0.15) is 5.82 Å². The summed E-state index contributed by atoms with van der Waals surface area (Å²) in [4.78, 5) is 0. The number of hydrogen-bond donors (Lipinski definition) is 1. The first-order valence-electron chi connectivity index (χ1n) is 5.11. The average Bonchev–Trinajstić information content (AvgIpc) is 2.32. The Labute approximate surface area is 101 Å². The summed E-state index contributed by atoms with van der Waals surface area (Å²) in [5.74, 6) is -1.07. The van der Waals surface area contributed by atoms with Gasteiger partial charge in [-0.2, -0.15) is 13.2 Å². The first-order chi connectivity index (χ1) is 8.39. The number of hydrogen-bond acceptors (Lipinski definition) is 1. The van der Waals surface area contributed by atoms with Gasteiger partial charge in [0.2, 0.25) is 0 Å². The van der Waals surface area contributed by atoms with Crippen molar-refractivity contribution >= 4 is 5.69 Å². The van der Waals surface area contributed by atoms with Crippen molar-refractivity contribution in [2.24, 2.45) is 0 Å². The fourth-order valence-electron chi connectivity index (χ4n) is 1.68. The number of halogens is 4. The first kappa shape index (κ1) is 12.4. The van der Waals surface area contributed by atoms with Crippen molar-refractivity contribution in [3.63, 3.8) is 0 Å². The minimum Gasteiger partial charge on any atom is -0.396 e. The van der Waals surface area contributed by atoms with Gasteiger partial charge in [0.25, 0.3) is 0 Å². The molecule has 0 saturated heterocycles. The van der Waals surface area contributed by atoms with Crippen LogP contribution < -0.4 is 5.73 Å². The lowest BCUT2D eigenvalue weighted by Gasteiger charge is -2.14. The van der Waals surface area contributed by atoms with Gasteiger partial charge in [0.05, 0.1) is 11.3 Å². The molecule has 0 saturated carbocycles. The van der Waals surface area contributed by atoms with E-state index in [2.05, 4.69) is 0 Å². The third-order valence-electron chi connectivity index (χ3n) is 2.53. The molecule has 0 radical (unpaired) electrons. The zero-order chi connectivity index (χ0) is 13.3. The fourth-order valence-corrected chi connectivity index (χ4v) is 1.68. The summed E-state index contributed by atoms with van der Waals surface area (Å²) >= 11 is 0. The maximum absolute atomic E-state index is 13.2. The summed E-state index contributed by atoms with van der Waals surface area (Å²) in [5, 5.41) is 0. The SMILES string of the molecule is Nc1cc(-c2ccccc2)c(C(F)(F)F)cc1F. The molecular formula is C13H9F4N. The molecular weight excluding hydrogens is 246 g/mol. The maximum Gasteiger partial charge on any atom is 0.417 e. The molecule has 94 valence electrons. The number of nitrogen functional groups attached to an aromatic ring is 1. The van der Waals surface area contributed by atoms with Crippen LogP contribution in [-0.4, -0.2) is 0 Å². The molecule has 18 heavy (non-hydrogen) atoms. The van der Waals surface area contributed by atoms with E-state index in [0.717, 1.165) is 6.07 Å². The molecule has 2 aromatic carbocycles. The lowest BCUT2D eigenvalue weighted by molar-refractivity contribution is -0.137. The van der Waals surface area contributed by atoms with Crippen molar-refractivity contribution < 1.29 is 17.6 Å². The first-order valence-corrected chi connectivity index (χ1v) is 5.11. The highest BCUT2D eigenvalue weighted by molar-refractivity contribution is 5.72. The quantitative estimate of drug-likeness (QED) is 0.602. The number of rotatable bonds is 1. The van der Waals surface area contributed by atoms with E-state index in [-0.39, 0.29) is 11.3 Å². The topological polar surface area (TPSA) is 26.0 Å². The van der Waals surface area contributed by atoms with Gasteiger partial charge in [-0.05, 0) is 23.3 Å². The van der Waals surface area contributed by atoms with Crippen LogP contribution in [0.25, 0.3) is 11.1 Å². The molecule has 0 atom stereocenters. The van der Waals surface area contributed by atoms with E-state index < -0.39 is 17.6 Å². The smallest absolute Gasteiger partial charge is 0.396 e. The molecule has 5 heteroatoms. The highest BCUT2D eigenvalue weighted by Crippen LogP contribution is 2.38. The van der Waals surface area contributed by atoms with E-state index in [9.17, 15) is 17.6 Å². The van der Waals surface area contributed by atoms with Crippen LogP contribution >= 0.6 is 0 Å². The molecule has 0 unspecified atom stereocenters. The van der Waals surface area contributed by atoms with Crippen LogP contribution in [0.4, 0.5) is 23.2 Å². The third kappa shape index (κ3) is 2.30. The molecule has 0 bridgehead atoms. The molecule has 2 aromatic rings. The third-order valence-corrected chi connectivity index (χ3v) is 2.53. The predicted octanol–water partition coefficient (Wildman–Crippen LogP) is 4.09. The van der Waals surface area contributed by atoms with Gasteiger partial charge in [-0.1, -0.05) is 30.3 Å². The van der Waals surface area contributed by atoms with E-state index in [1.807, 2.05) is 0 Å². The summed E-state index contributed by atoms with van der Waals surface area (Å²) in [6.45, 7) is 0. The van der Waals surface area contributed by atoms with E-state index >= 15 is 0 Å². The summed E-state index contributed by atoms with van der Waals surface area (Å²) in [6, 6.07) is 9.36. The summed E-state index contributed by atoms with van der Waals surface area (Å²) < 4.78 is 51.7. The van der Waals surface area contributed by atoms with Crippen LogP contribution in [0.15, 0.2) is 42.5 Å². The summed E-state index contributed by atoms with van der Waals surface area (Å²) in [7, 11) is 0. The van der Waals surface area contributed by atoms with Crippen LogP contribution in [0.5, 0.6) is 0 Å². The van der Waals surface area contributed by atoms with Gasteiger partial charge in [-0.3, -0.25) is 0 Å². The van der Waals surface area contributed by atoms with Crippen LogP contribution in [0, 0.1) is 5.82 Å². The van der Waals surface area contributed by atoms with Crippen molar-refractivity contribution in [2.45, 2.75) is 6.18 Å². The molecule has 0 aromatic heterocycles. The fraction of sp³-hybridized carbons (Fsp3) is 0.0769. The highest BCUT2D eigenvalue weighted by atomic mass is 19.4. The lowest BCUT2D eigenvalue weighted by atomic mass is 9.98. The van der Waals surface area contributed by atoms with E-state index in [1.165, 1.54) is 12.1 Å². The largest absolute Gasteiger partial charge is 0.417 e. The monoisotopic (exact) mass is 255 g/mol. The Morgan fingerprint density at radius 1 is 0.944 bits per heavy atom. The molecule has 0 aliphatic heterocycles. The van der Waals surface area contributed by atoms with Crippen molar-refractivity contribution in [3.05, 3.63) is 53.8 Å². The second-order valence-corrected chi connectivity index (χ2v) is 3.78. The molecule has 1 nitrogen and oxygen atoms in total. The molecule has 0 spiro atoms. The standard InChI is InChI=1S/C13H9F4N/c14-11-7-10(13(15,16)17)9(6-12(11)18)8-4-2-1-3-5-8/h1-7H,18H2. The van der Waals surface area contributed by atoms with Crippen LogP contribution in [0.2, 0.25) is 0 Å². The van der Waals surface area contributed by atoms with Crippen molar-refractivity contribution in [3.8, 4) is 11.1 Å². The van der Waals surface area contributed by atoms with E-state index in [1.54, 1.807) is 18.2 Å². The van der Waals surface area contributed by atoms with Crippen LogP contribution in [-0.2, 0) is 6.18 Å². The molecule has 2 rings (SSSR count). The molecule has 0 amide bonds. The highest BCUT2D eigenvalue weighted by Gasteiger charge is 2.34. The number of anilines is 1. The van der Waals surface area contributed by atoms with Gasteiger partial charge in [0.15, 0.2) is 0 Å². The Kier molecular flexibility index (Phi) is 2.98. The Balaban J connectivity index is 2.70. The Morgan fingerprint density at radius 2 is 1.56 bits per heavy atom. The van der Waals surface area contributed by atoms with E-state index in [0.29, 0.717) is 11.6 Å². The maximum atomic E-state index is 13.2. The van der Waals surface area contributed by atoms with Gasteiger partial charge < -0.3 is 5.73 Å². The van der Waals surface area contributed by atoms with Gasteiger partial charge >= 0.3 is 6.18 Å². The average molecular weight is 255 g/mol. The second-order valence-electron chi connectivity index (χ2n) is 3.78. The predicted molar refractivity (Wildman–Crippen MR) is 61.3 cm³/mol. The van der Waals surface area contributed by atoms with Crippen LogP contribution in [0.3, 0.4) is 0 Å². The summed E-state index contributed by atoms with van der Waals surface area (Å²) in [6.07, 6.45) is -4.63. The van der Waals surface area contributed by atoms with Crippen molar-refractivity contribution in [2.75, 3.05) is 5.73 Å². The zero-order valence-corrected chi connectivity index (χ0v) is 9.13. The molecule has 2 N–H and O–H groups in total. The molecule has 0 heterocycles. The minimum atomic E-state index is -4.63. The molecule has 0 fully saturated rings. The Morgan fingerprint density at radius 3 is 2.11 bits per heavy atom. The van der Waals surface area contributed by atoms with Crippen molar-refractivity contribution in [1.29, 1.82) is 0 Å². The number of benzene rings is 2. The molecule has 0 aliphatic rings. The number of alkyl halides is 3. The summed E-state index contributed by atoms with van der Waals surface area (Å²) in [5.41, 5.74) is 4.22. The van der Waals surface area contributed by atoms with Crippen LogP contribution in [0.1, 0.15) is 5.56 Å². The lowest BCUT2D eigenvalue weighted by Crippen LogP contribution is -2.09. The molecule has 0 aliphatic carbocycles. The second kappa shape index (κ2) is 4.33.